The second kappa shape index (κ2) is 7.53. The monoisotopic (exact) mass is 340 g/mol. The summed E-state index contributed by atoms with van der Waals surface area (Å²) in [6.45, 7) is 7.01. The maximum absolute atomic E-state index is 12.4. The van der Waals surface area contributed by atoms with Crippen molar-refractivity contribution in [2.75, 3.05) is 36.5 Å². The Morgan fingerprint density at radius 1 is 1.24 bits per heavy atom. The third kappa shape index (κ3) is 3.91. The van der Waals surface area contributed by atoms with Crippen LogP contribution in [0.1, 0.15) is 17.0 Å². The molecule has 0 spiro atoms. The first-order valence-corrected chi connectivity index (χ1v) is 8.47. The van der Waals surface area contributed by atoms with Gasteiger partial charge >= 0.3 is 0 Å². The summed E-state index contributed by atoms with van der Waals surface area (Å²) in [5.74, 6) is -0.150. The fourth-order valence-electron chi connectivity index (χ4n) is 3.02. The van der Waals surface area contributed by atoms with Crippen LogP contribution in [0.25, 0.3) is 6.08 Å². The van der Waals surface area contributed by atoms with Gasteiger partial charge in [-0.2, -0.15) is 5.10 Å². The largest absolute Gasteiger partial charge is 0.378 e. The van der Waals surface area contributed by atoms with Gasteiger partial charge in [0.15, 0.2) is 0 Å². The van der Waals surface area contributed by atoms with Crippen molar-refractivity contribution in [1.82, 2.24) is 9.78 Å². The van der Waals surface area contributed by atoms with Gasteiger partial charge in [-0.25, -0.2) is 0 Å². The number of hydrogen-bond acceptors (Lipinski definition) is 4. The summed E-state index contributed by atoms with van der Waals surface area (Å²) >= 11 is 0. The Hall–Kier alpha value is -2.60. The Morgan fingerprint density at radius 2 is 1.96 bits per heavy atom. The zero-order chi connectivity index (χ0) is 17.8. The molecule has 1 N–H and O–H groups in total. The summed E-state index contributed by atoms with van der Waals surface area (Å²) in [6.07, 6.45) is 3.39. The van der Waals surface area contributed by atoms with E-state index in [2.05, 4.69) is 15.3 Å². The summed E-state index contributed by atoms with van der Waals surface area (Å²) in [5.41, 5.74) is 4.78. The third-order valence-electron chi connectivity index (χ3n) is 4.48. The maximum atomic E-state index is 12.4. The Balaban J connectivity index is 1.74. The van der Waals surface area contributed by atoms with E-state index in [4.69, 9.17) is 4.74 Å². The van der Waals surface area contributed by atoms with Gasteiger partial charge in [-0.1, -0.05) is 12.1 Å². The Kier molecular flexibility index (Phi) is 5.19. The molecular weight excluding hydrogens is 316 g/mol. The lowest BCUT2D eigenvalue weighted by atomic mass is 10.2. The standard InChI is InChI=1S/C19H24N4O2/c1-14-16(15(2)22(3)21-14)8-9-19(24)20-17-6-4-5-7-18(17)23-10-12-25-13-11-23/h4-9H,10-13H2,1-3H3,(H,20,24). The molecule has 0 radical (unpaired) electrons. The van der Waals surface area contributed by atoms with E-state index in [1.54, 1.807) is 6.08 Å². The zero-order valence-electron chi connectivity index (χ0n) is 15.0. The number of nitrogens with zero attached hydrogens (tertiary/aromatic N) is 3. The number of carbonyl (C=O) groups is 1. The van der Waals surface area contributed by atoms with Gasteiger partial charge in [0.25, 0.3) is 0 Å². The Bertz CT molecular complexity index is 789. The number of anilines is 2. The number of aromatic nitrogens is 2. The minimum Gasteiger partial charge on any atom is -0.378 e. The highest BCUT2D eigenvalue weighted by molar-refractivity contribution is 6.03. The summed E-state index contributed by atoms with van der Waals surface area (Å²) in [5, 5.41) is 7.35. The van der Waals surface area contributed by atoms with Crippen molar-refractivity contribution in [2.24, 2.45) is 7.05 Å². The zero-order valence-corrected chi connectivity index (χ0v) is 15.0. The van der Waals surface area contributed by atoms with Crippen molar-refractivity contribution in [3.63, 3.8) is 0 Å². The molecule has 1 aromatic carbocycles. The molecule has 132 valence electrons. The van der Waals surface area contributed by atoms with E-state index in [9.17, 15) is 4.79 Å². The lowest BCUT2D eigenvalue weighted by Gasteiger charge is -2.30. The predicted molar refractivity (Wildman–Crippen MR) is 99.8 cm³/mol. The molecule has 1 aromatic heterocycles. The normalized spacial score (nSPS) is 14.9. The summed E-state index contributed by atoms with van der Waals surface area (Å²) in [7, 11) is 1.90. The van der Waals surface area contributed by atoms with Crippen molar-refractivity contribution in [1.29, 1.82) is 0 Å². The second-order valence-electron chi connectivity index (χ2n) is 6.15. The fraction of sp³-hybridized carbons (Fsp3) is 0.368. The molecule has 0 bridgehead atoms. The van der Waals surface area contributed by atoms with Crippen molar-refractivity contribution in [3.05, 3.63) is 47.3 Å². The van der Waals surface area contributed by atoms with Crippen LogP contribution in [0.3, 0.4) is 0 Å². The number of carbonyl (C=O) groups excluding carboxylic acids is 1. The topological polar surface area (TPSA) is 59.4 Å². The molecule has 6 nitrogen and oxygen atoms in total. The minimum atomic E-state index is -0.150. The number of hydrogen-bond donors (Lipinski definition) is 1. The first-order valence-electron chi connectivity index (χ1n) is 8.47. The molecule has 0 aliphatic carbocycles. The second-order valence-corrected chi connectivity index (χ2v) is 6.15. The van der Waals surface area contributed by atoms with Crippen LogP contribution in [0.2, 0.25) is 0 Å². The van der Waals surface area contributed by atoms with Crippen molar-refractivity contribution < 1.29 is 9.53 Å². The molecule has 0 saturated carbocycles. The first-order chi connectivity index (χ1) is 12.1. The molecule has 0 unspecified atom stereocenters. The molecule has 2 aromatic rings. The summed E-state index contributed by atoms with van der Waals surface area (Å²) in [4.78, 5) is 14.6. The number of rotatable bonds is 4. The SMILES string of the molecule is Cc1nn(C)c(C)c1C=CC(=O)Nc1ccccc1N1CCOCC1. The van der Waals surface area contributed by atoms with Gasteiger partial charge in [0.1, 0.15) is 0 Å². The summed E-state index contributed by atoms with van der Waals surface area (Å²) < 4.78 is 7.23. The van der Waals surface area contributed by atoms with E-state index in [-0.39, 0.29) is 5.91 Å². The molecule has 1 amide bonds. The van der Waals surface area contributed by atoms with E-state index in [0.717, 1.165) is 41.4 Å². The van der Waals surface area contributed by atoms with Gasteiger partial charge in [0.2, 0.25) is 5.91 Å². The number of morpholine rings is 1. The molecule has 1 fully saturated rings. The Labute approximate surface area is 148 Å². The third-order valence-corrected chi connectivity index (χ3v) is 4.48. The number of ether oxygens (including phenoxy) is 1. The molecular formula is C19H24N4O2. The van der Waals surface area contributed by atoms with Crippen LogP contribution < -0.4 is 10.2 Å². The van der Waals surface area contributed by atoms with Crippen LogP contribution in [0, 0.1) is 13.8 Å². The molecule has 1 saturated heterocycles. The molecule has 6 heteroatoms. The van der Waals surface area contributed by atoms with E-state index in [0.29, 0.717) is 13.2 Å². The van der Waals surface area contributed by atoms with Gasteiger partial charge in [0, 0.05) is 37.5 Å². The number of para-hydroxylation sites is 2. The van der Waals surface area contributed by atoms with Crippen LogP contribution in [-0.4, -0.2) is 42.0 Å². The molecule has 2 heterocycles. The lowest BCUT2D eigenvalue weighted by molar-refractivity contribution is -0.111. The van der Waals surface area contributed by atoms with Gasteiger partial charge in [-0.3, -0.25) is 9.48 Å². The number of amides is 1. The summed E-state index contributed by atoms with van der Waals surface area (Å²) in [6, 6.07) is 7.87. The van der Waals surface area contributed by atoms with Gasteiger partial charge in [-0.15, -0.1) is 0 Å². The smallest absolute Gasteiger partial charge is 0.248 e. The van der Waals surface area contributed by atoms with Crippen molar-refractivity contribution in [3.8, 4) is 0 Å². The average molecular weight is 340 g/mol. The van der Waals surface area contributed by atoms with E-state index in [1.165, 1.54) is 0 Å². The Morgan fingerprint density at radius 3 is 2.64 bits per heavy atom. The van der Waals surface area contributed by atoms with Crippen LogP contribution in [-0.2, 0) is 16.6 Å². The number of aryl methyl sites for hydroxylation is 2. The van der Waals surface area contributed by atoms with Crippen LogP contribution >= 0.6 is 0 Å². The van der Waals surface area contributed by atoms with Crippen LogP contribution in [0.4, 0.5) is 11.4 Å². The molecule has 3 rings (SSSR count). The number of nitrogens with one attached hydrogen (secondary N) is 1. The van der Waals surface area contributed by atoms with E-state index < -0.39 is 0 Å². The highest BCUT2D eigenvalue weighted by Crippen LogP contribution is 2.26. The molecule has 1 aliphatic heterocycles. The number of benzene rings is 1. The molecule has 25 heavy (non-hydrogen) atoms. The molecule has 1 aliphatic rings. The first kappa shape index (κ1) is 17.2. The van der Waals surface area contributed by atoms with Crippen molar-refractivity contribution >= 4 is 23.4 Å². The van der Waals surface area contributed by atoms with Gasteiger partial charge < -0.3 is 15.0 Å². The quantitative estimate of drug-likeness (QED) is 0.869. The lowest BCUT2D eigenvalue weighted by Crippen LogP contribution is -2.36. The highest BCUT2D eigenvalue weighted by Gasteiger charge is 2.15. The van der Waals surface area contributed by atoms with Gasteiger partial charge in [-0.05, 0) is 32.1 Å². The van der Waals surface area contributed by atoms with E-state index >= 15 is 0 Å². The maximum Gasteiger partial charge on any atom is 0.248 e. The highest BCUT2D eigenvalue weighted by atomic mass is 16.5. The minimum absolute atomic E-state index is 0.150. The predicted octanol–water partition coefficient (Wildman–Crippen LogP) is 2.53. The van der Waals surface area contributed by atoms with Gasteiger partial charge in [0.05, 0.1) is 30.3 Å². The van der Waals surface area contributed by atoms with Crippen LogP contribution in [0.5, 0.6) is 0 Å². The van der Waals surface area contributed by atoms with Crippen molar-refractivity contribution in [2.45, 2.75) is 13.8 Å². The van der Waals surface area contributed by atoms with E-state index in [1.807, 2.05) is 55.9 Å². The fourth-order valence-corrected chi connectivity index (χ4v) is 3.02. The average Bonchev–Trinajstić information content (AvgIpc) is 2.86. The van der Waals surface area contributed by atoms with Crippen LogP contribution in [0.15, 0.2) is 30.3 Å². The molecule has 0 atom stereocenters.